The molecule has 0 bridgehead atoms. The summed E-state index contributed by atoms with van der Waals surface area (Å²) in [4.78, 5) is 23.0. The fourth-order valence-electron chi connectivity index (χ4n) is 3.83. The highest BCUT2D eigenvalue weighted by atomic mass is 16.1. The van der Waals surface area contributed by atoms with E-state index in [0.29, 0.717) is 11.6 Å². The number of likely N-dealkylation sites (tertiary alicyclic amines) is 1. The van der Waals surface area contributed by atoms with Gasteiger partial charge in [-0.25, -0.2) is 4.98 Å². The number of aromatic amines is 1. The van der Waals surface area contributed by atoms with E-state index in [0.717, 1.165) is 35.9 Å². The molecule has 0 saturated carbocycles. The molecule has 0 spiro atoms. The van der Waals surface area contributed by atoms with Crippen LogP contribution in [0.2, 0.25) is 0 Å². The number of fused-ring (bicyclic) bond motifs is 3. The summed E-state index contributed by atoms with van der Waals surface area (Å²) in [5, 5.41) is 1.01. The molecule has 3 heterocycles. The molecule has 2 aromatic heterocycles. The van der Waals surface area contributed by atoms with Gasteiger partial charge in [0.1, 0.15) is 11.0 Å². The first-order chi connectivity index (χ1) is 11.7. The second-order valence-corrected chi connectivity index (χ2v) is 6.87. The van der Waals surface area contributed by atoms with Crippen LogP contribution in [-0.2, 0) is 6.54 Å². The highest BCUT2D eigenvalue weighted by molar-refractivity contribution is 6.04. The number of nitrogens with one attached hydrogen (secondary N) is 1. The van der Waals surface area contributed by atoms with Crippen molar-refractivity contribution in [1.29, 1.82) is 0 Å². The van der Waals surface area contributed by atoms with Gasteiger partial charge in [-0.2, -0.15) is 0 Å². The zero-order valence-corrected chi connectivity index (χ0v) is 14.2. The lowest BCUT2D eigenvalue weighted by molar-refractivity contribution is 0.156. The first-order valence-electron chi connectivity index (χ1n) is 8.94. The molecule has 0 radical (unpaired) electrons. The van der Waals surface area contributed by atoms with Gasteiger partial charge in [0.05, 0.1) is 6.33 Å². The highest BCUT2D eigenvalue weighted by Gasteiger charge is 2.17. The van der Waals surface area contributed by atoms with Gasteiger partial charge < -0.3 is 9.88 Å². The van der Waals surface area contributed by atoms with Crippen molar-refractivity contribution in [3.63, 3.8) is 0 Å². The van der Waals surface area contributed by atoms with E-state index in [9.17, 15) is 4.79 Å². The van der Waals surface area contributed by atoms with Gasteiger partial charge in [-0.1, -0.05) is 24.6 Å². The molecule has 5 nitrogen and oxygen atoms in total. The van der Waals surface area contributed by atoms with E-state index in [1.807, 2.05) is 24.3 Å². The van der Waals surface area contributed by atoms with E-state index in [1.165, 1.54) is 25.8 Å². The van der Waals surface area contributed by atoms with Crippen LogP contribution in [0.1, 0.15) is 32.6 Å². The molecule has 1 fully saturated rings. The van der Waals surface area contributed by atoms with Gasteiger partial charge in [0.2, 0.25) is 0 Å². The Morgan fingerprint density at radius 3 is 3.00 bits per heavy atom. The Morgan fingerprint density at radius 1 is 1.25 bits per heavy atom. The van der Waals surface area contributed by atoms with Crippen molar-refractivity contribution in [1.82, 2.24) is 19.4 Å². The molecular formula is C19H24N4O. The average molecular weight is 324 g/mol. The molecule has 1 unspecified atom stereocenters. The lowest BCUT2D eigenvalue weighted by Gasteiger charge is -2.33. The summed E-state index contributed by atoms with van der Waals surface area (Å²) in [6.07, 6.45) is 6.62. The Hall–Kier alpha value is -2.14. The topological polar surface area (TPSA) is 53.9 Å². The number of rotatable bonds is 4. The molecule has 1 atom stereocenters. The lowest BCUT2D eigenvalue weighted by Crippen LogP contribution is -2.38. The minimum absolute atomic E-state index is 0.0305. The maximum atomic E-state index is 12.7. The number of hydrogen-bond donors (Lipinski definition) is 1. The predicted molar refractivity (Wildman–Crippen MR) is 97.4 cm³/mol. The number of hydrogen-bond acceptors (Lipinski definition) is 3. The largest absolute Gasteiger partial charge is 0.349 e. The molecule has 1 aromatic carbocycles. The quantitative estimate of drug-likeness (QED) is 0.802. The van der Waals surface area contributed by atoms with Crippen LogP contribution in [0.4, 0.5) is 0 Å². The minimum atomic E-state index is 0.0305. The number of para-hydroxylation sites is 1. The van der Waals surface area contributed by atoms with Crippen molar-refractivity contribution in [2.75, 3.05) is 13.1 Å². The van der Waals surface area contributed by atoms with Gasteiger partial charge in [-0.15, -0.1) is 0 Å². The molecule has 1 N–H and O–H groups in total. The van der Waals surface area contributed by atoms with Crippen molar-refractivity contribution >= 4 is 21.9 Å². The number of H-pyrrole nitrogens is 1. The third-order valence-electron chi connectivity index (χ3n) is 5.26. The monoisotopic (exact) mass is 324 g/mol. The van der Waals surface area contributed by atoms with Gasteiger partial charge >= 0.3 is 0 Å². The van der Waals surface area contributed by atoms with Gasteiger partial charge in [0.15, 0.2) is 0 Å². The smallest absolute Gasteiger partial charge is 0.277 e. The maximum absolute atomic E-state index is 12.7. The van der Waals surface area contributed by atoms with Crippen LogP contribution in [0.3, 0.4) is 0 Å². The Balaban J connectivity index is 1.53. The van der Waals surface area contributed by atoms with Gasteiger partial charge in [0.25, 0.3) is 5.56 Å². The van der Waals surface area contributed by atoms with Crippen LogP contribution in [-0.4, -0.2) is 38.6 Å². The summed E-state index contributed by atoms with van der Waals surface area (Å²) in [5.41, 5.74) is 2.39. The predicted octanol–water partition coefficient (Wildman–Crippen LogP) is 3.14. The van der Waals surface area contributed by atoms with Crippen LogP contribution < -0.4 is 5.56 Å². The third-order valence-corrected chi connectivity index (χ3v) is 5.26. The Bertz CT molecular complexity index is 911. The molecule has 4 rings (SSSR count). The van der Waals surface area contributed by atoms with Gasteiger partial charge in [-0.3, -0.25) is 9.36 Å². The number of benzene rings is 1. The molecule has 126 valence electrons. The van der Waals surface area contributed by atoms with E-state index >= 15 is 0 Å². The molecule has 0 amide bonds. The van der Waals surface area contributed by atoms with Crippen molar-refractivity contribution in [2.45, 2.75) is 45.2 Å². The summed E-state index contributed by atoms with van der Waals surface area (Å²) < 4.78 is 1.74. The average Bonchev–Trinajstić information content (AvgIpc) is 2.98. The second kappa shape index (κ2) is 6.40. The molecule has 5 heteroatoms. The standard InChI is InChI=1S/C19H24N4O/c1-14-7-4-5-10-22(14)11-6-12-23-13-20-17-15-8-2-3-9-16(15)21-18(17)19(23)24/h2-3,8-9,13-14,21H,4-7,10-12H2,1H3. The maximum Gasteiger partial charge on any atom is 0.277 e. The fourth-order valence-corrected chi connectivity index (χ4v) is 3.83. The minimum Gasteiger partial charge on any atom is -0.349 e. The first-order valence-corrected chi connectivity index (χ1v) is 8.94. The SMILES string of the molecule is CC1CCCCN1CCCn1cnc2c([nH]c3ccccc32)c1=O. The van der Waals surface area contributed by atoms with E-state index in [-0.39, 0.29) is 5.56 Å². The summed E-state index contributed by atoms with van der Waals surface area (Å²) in [7, 11) is 0. The molecule has 24 heavy (non-hydrogen) atoms. The number of piperidine rings is 1. The number of aromatic nitrogens is 3. The van der Waals surface area contributed by atoms with Crippen molar-refractivity contribution in [3.8, 4) is 0 Å². The molecule has 0 aliphatic carbocycles. The number of nitrogens with zero attached hydrogens (tertiary/aromatic N) is 3. The van der Waals surface area contributed by atoms with E-state index < -0.39 is 0 Å². The molecular weight excluding hydrogens is 300 g/mol. The van der Waals surface area contributed by atoms with Crippen molar-refractivity contribution < 1.29 is 0 Å². The number of aryl methyl sites for hydroxylation is 1. The zero-order valence-electron chi connectivity index (χ0n) is 14.2. The van der Waals surface area contributed by atoms with Gasteiger partial charge in [-0.05, 0) is 38.8 Å². The normalized spacial score (nSPS) is 19.3. The highest BCUT2D eigenvalue weighted by Crippen LogP contribution is 2.20. The van der Waals surface area contributed by atoms with Crippen LogP contribution in [0.25, 0.3) is 21.9 Å². The first kappa shape index (κ1) is 15.4. The fraction of sp³-hybridized carbons (Fsp3) is 0.474. The van der Waals surface area contributed by atoms with E-state index in [2.05, 4.69) is 21.8 Å². The summed E-state index contributed by atoms with van der Waals surface area (Å²) in [6.45, 7) is 5.28. The molecule has 1 aliphatic heterocycles. The van der Waals surface area contributed by atoms with Crippen molar-refractivity contribution in [2.24, 2.45) is 0 Å². The molecule has 1 aliphatic rings. The Morgan fingerprint density at radius 2 is 2.12 bits per heavy atom. The molecule has 3 aromatic rings. The van der Waals surface area contributed by atoms with E-state index in [1.54, 1.807) is 10.9 Å². The van der Waals surface area contributed by atoms with E-state index in [4.69, 9.17) is 0 Å². The Labute approximate surface area is 141 Å². The van der Waals surface area contributed by atoms with Gasteiger partial charge in [0, 0.05) is 30.0 Å². The molecule has 1 saturated heterocycles. The van der Waals surface area contributed by atoms with Crippen LogP contribution in [0.5, 0.6) is 0 Å². The summed E-state index contributed by atoms with van der Waals surface area (Å²) in [6, 6.07) is 8.60. The Kier molecular flexibility index (Phi) is 4.10. The summed E-state index contributed by atoms with van der Waals surface area (Å²) in [5.74, 6) is 0. The zero-order chi connectivity index (χ0) is 16.5. The van der Waals surface area contributed by atoms with Crippen LogP contribution in [0, 0.1) is 0 Å². The van der Waals surface area contributed by atoms with Crippen LogP contribution >= 0.6 is 0 Å². The second-order valence-electron chi connectivity index (χ2n) is 6.87. The van der Waals surface area contributed by atoms with Crippen LogP contribution in [0.15, 0.2) is 35.4 Å². The lowest BCUT2D eigenvalue weighted by atomic mass is 10.0. The summed E-state index contributed by atoms with van der Waals surface area (Å²) >= 11 is 0. The van der Waals surface area contributed by atoms with Crippen molar-refractivity contribution in [3.05, 3.63) is 40.9 Å². The third kappa shape index (κ3) is 2.73.